The van der Waals surface area contributed by atoms with Crippen LogP contribution in [0, 0.1) is 5.92 Å². The van der Waals surface area contributed by atoms with Gasteiger partial charge in [0.1, 0.15) is 5.65 Å². The Morgan fingerprint density at radius 1 is 1.42 bits per heavy atom. The third-order valence-electron chi connectivity index (χ3n) is 4.53. The van der Waals surface area contributed by atoms with Crippen LogP contribution in [-0.2, 0) is 11.8 Å². The lowest BCUT2D eigenvalue weighted by Crippen LogP contribution is -2.36. The lowest BCUT2D eigenvalue weighted by Gasteiger charge is -2.28. The van der Waals surface area contributed by atoms with Gasteiger partial charge in [0, 0.05) is 37.6 Å². The first-order chi connectivity index (χ1) is 11.5. The van der Waals surface area contributed by atoms with Crippen LogP contribution in [-0.4, -0.2) is 33.5 Å². The molecule has 24 heavy (non-hydrogen) atoms. The predicted molar refractivity (Wildman–Crippen MR) is 95.9 cm³/mol. The van der Waals surface area contributed by atoms with E-state index in [9.17, 15) is 9.59 Å². The fourth-order valence-electron chi connectivity index (χ4n) is 3.22. The molecular weight excluding hydrogens is 374 g/mol. The van der Waals surface area contributed by atoms with Crippen LogP contribution in [0.3, 0.4) is 0 Å². The van der Waals surface area contributed by atoms with Gasteiger partial charge in [0.15, 0.2) is 0 Å². The molecular formula is C16H20BrN5O2. The van der Waals surface area contributed by atoms with Gasteiger partial charge in [-0.2, -0.15) is 4.98 Å². The van der Waals surface area contributed by atoms with E-state index in [-0.39, 0.29) is 23.4 Å². The summed E-state index contributed by atoms with van der Waals surface area (Å²) in [6.45, 7) is 0. The van der Waals surface area contributed by atoms with Crippen LogP contribution in [0.2, 0.25) is 0 Å². The molecule has 0 saturated heterocycles. The van der Waals surface area contributed by atoms with E-state index in [1.54, 1.807) is 26.4 Å². The number of aromatic nitrogens is 3. The number of fused-ring (bicyclic) bond motifs is 1. The van der Waals surface area contributed by atoms with Gasteiger partial charge in [-0.25, -0.2) is 4.98 Å². The van der Waals surface area contributed by atoms with E-state index in [0.717, 1.165) is 31.1 Å². The first-order valence-corrected chi connectivity index (χ1v) is 8.79. The van der Waals surface area contributed by atoms with Crippen molar-refractivity contribution in [1.82, 2.24) is 19.9 Å². The summed E-state index contributed by atoms with van der Waals surface area (Å²) in [5.74, 6) is 0.609. The summed E-state index contributed by atoms with van der Waals surface area (Å²) in [6, 6.07) is 1.88. The van der Waals surface area contributed by atoms with Crippen molar-refractivity contribution in [3.05, 3.63) is 27.1 Å². The van der Waals surface area contributed by atoms with Gasteiger partial charge >= 0.3 is 0 Å². The molecule has 0 aliphatic heterocycles. The van der Waals surface area contributed by atoms with Crippen molar-refractivity contribution in [2.75, 3.05) is 12.4 Å². The average molecular weight is 394 g/mol. The van der Waals surface area contributed by atoms with Gasteiger partial charge < -0.3 is 10.6 Å². The molecule has 0 radical (unpaired) electrons. The van der Waals surface area contributed by atoms with E-state index in [1.807, 2.05) is 0 Å². The van der Waals surface area contributed by atoms with Crippen molar-refractivity contribution in [1.29, 1.82) is 0 Å². The molecule has 1 fully saturated rings. The quantitative estimate of drug-likeness (QED) is 0.829. The Morgan fingerprint density at radius 3 is 2.96 bits per heavy atom. The molecule has 2 N–H and O–H groups in total. The SMILES string of the molecule is CNC(=O)[C@@H]1CCC[C@@H](Nc2ncc3cc(Br)c(=O)n(C)c3n2)C1. The van der Waals surface area contributed by atoms with Gasteiger partial charge in [-0.15, -0.1) is 0 Å². The van der Waals surface area contributed by atoms with Gasteiger partial charge in [0.25, 0.3) is 5.56 Å². The Labute approximate surface area is 148 Å². The Hall–Kier alpha value is -1.96. The first-order valence-electron chi connectivity index (χ1n) is 8.00. The minimum atomic E-state index is -0.135. The molecule has 8 heteroatoms. The maximum absolute atomic E-state index is 12.0. The van der Waals surface area contributed by atoms with Crippen molar-refractivity contribution < 1.29 is 4.79 Å². The number of aryl methyl sites for hydroxylation is 1. The molecule has 2 atom stereocenters. The molecule has 0 spiro atoms. The summed E-state index contributed by atoms with van der Waals surface area (Å²) < 4.78 is 1.99. The van der Waals surface area contributed by atoms with E-state index in [4.69, 9.17) is 0 Å². The Morgan fingerprint density at radius 2 is 2.21 bits per heavy atom. The van der Waals surface area contributed by atoms with Gasteiger partial charge in [0.2, 0.25) is 11.9 Å². The number of pyridine rings is 1. The fourth-order valence-corrected chi connectivity index (χ4v) is 3.74. The third kappa shape index (κ3) is 3.28. The van der Waals surface area contributed by atoms with E-state index >= 15 is 0 Å². The Kier molecular flexibility index (Phi) is 4.84. The average Bonchev–Trinajstić information content (AvgIpc) is 2.60. The fraction of sp³-hybridized carbons (Fsp3) is 0.500. The number of amides is 1. The van der Waals surface area contributed by atoms with Crippen molar-refractivity contribution in [2.24, 2.45) is 13.0 Å². The third-order valence-corrected chi connectivity index (χ3v) is 5.10. The standard InChI is InChI=1S/C16H20BrN5O2/c1-18-14(23)9-4-3-5-11(6-9)20-16-19-8-10-7-12(17)15(24)22(2)13(10)21-16/h7-9,11H,3-6H2,1-2H3,(H,18,23)(H,19,20,21)/t9-,11-/m1/s1. The zero-order valence-corrected chi connectivity index (χ0v) is 15.3. The monoisotopic (exact) mass is 393 g/mol. The van der Waals surface area contributed by atoms with Gasteiger partial charge in [-0.05, 0) is 41.3 Å². The topological polar surface area (TPSA) is 88.9 Å². The van der Waals surface area contributed by atoms with Crippen LogP contribution in [0.4, 0.5) is 5.95 Å². The zero-order chi connectivity index (χ0) is 17.3. The summed E-state index contributed by atoms with van der Waals surface area (Å²) in [7, 11) is 3.36. The van der Waals surface area contributed by atoms with E-state index in [2.05, 4.69) is 36.5 Å². The molecule has 7 nitrogen and oxygen atoms in total. The number of carbonyl (C=O) groups is 1. The number of carbonyl (C=O) groups excluding carboxylic acids is 1. The Balaban J connectivity index is 1.83. The van der Waals surface area contributed by atoms with Gasteiger partial charge in [-0.1, -0.05) is 6.42 Å². The smallest absolute Gasteiger partial charge is 0.266 e. The molecule has 3 rings (SSSR count). The van der Waals surface area contributed by atoms with E-state index < -0.39 is 0 Å². The van der Waals surface area contributed by atoms with Gasteiger partial charge in [-0.3, -0.25) is 14.2 Å². The molecule has 1 aliphatic carbocycles. The molecule has 2 heterocycles. The summed E-state index contributed by atoms with van der Waals surface area (Å²) >= 11 is 3.25. The van der Waals surface area contributed by atoms with E-state index in [1.165, 1.54) is 4.57 Å². The highest BCUT2D eigenvalue weighted by atomic mass is 79.9. The van der Waals surface area contributed by atoms with Crippen molar-refractivity contribution in [2.45, 2.75) is 31.7 Å². The number of nitrogens with one attached hydrogen (secondary N) is 2. The lowest BCUT2D eigenvalue weighted by molar-refractivity contribution is -0.125. The summed E-state index contributed by atoms with van der Waals surface area (Å²) in [5, 5.41) is 6.83. The number of hydrogen-bond acceptors (Lipinski definition) is 5. The second-order valence-corrected chi connectivity index (χ2v) is 7.00. The summed E-state index contributed by atoms with van der Waals surface area (Å²) in [6.07, 6.45) is 5.36. The number of nitrogens with zero attached hydrogens (tertiary/aromatic N) is 3. The number of anilines is 1. The molecule has 128 valence electrons. The predicted octanol–water partition coefficient (Wildman–Crippen LogP) is 1.81. The summed E-state index contributed by atoms with van der Waals surface area (Å²) in [5.41, 5.74) is 0.448. The number of hydrogen-bond donors (Lipinski definition) is 2. The zero-order valence-electron chi connectivity index (χ0n) is 13.7. The molecule has 1 saturated carbocycles. The maximum atomic E-state index is 12.0. The number of rotatable bonds is 3. The highest BCUT2D eigenvalue weighted by Crippen LogP contribution is 2.26. The molecule has 1 amide bonds. The van der Waals surface area contributed by atoms with Gasteiger partial charge in [0.05, 0.1) is 4.47 Å². The molecule has 0 unspecified atom stereocenters. The normalized spacial score (nSPS) is 20.8. The van der Waals surface area contributed by atoms with Crippen LogP contribution in [0.25, 0.3) is 11.0 Å². The number of halogens is 1. The minimum Gasteiger partial charge on any atom is -0.359 e. The van der Waals surface area contributed by atoms with Crippen molar-refractivity contribution >= 4 is 38.8 Å². The molecule has 0 bridgehead atoms. The van der Waals surface area contributed by atoms with Crippen molar-refractivity contribution in [3.8, 4) is 0 Å². The molecule has 1 aliphatic rings. The molecule has 0 aromatic carbocycles. The summed E-state index contributed by atoms with van der Waals surface area (Å²) in [4.78, 5) is 32.7. The second kappa shape index (κ2) is 6.88. The Bertz CT molecular complexity index is 835. The first kappa shape index (κ1) is 16.9. The van der Waals surface area contributed by atoms with Crippen LogP contribution in [0.5, 0.6) is 0 Å². The minimum absolute atomic E-state index is 0.0296. The lowest BCUT2D eigenvalue weighted by atomic mass is 9.85. The van der Waals surface area contributed by atoms with Crippen molar-refractivity contribution in [3.63, 3.8) is 0 Å². The molecule has 2 aromatic rings. The highest BCUT2D eigenvalue weighted by molar-refractivity contribution is 9.10. The largest absolute Gasteiger partial charge is 0.359 e. The molecule has 2 aromatic heterocycles. The highest BCUT2D eigenvalue weighted by Gasteiger charge is 2.27. The van der Waals surface area contributed by atoms with Crippen LogP contribution in [0.1, 0.15) is 25.7 Å². The van der Waals surface area contributed by atoms with Crippen LogP contribution < -0.4 is 16.2 Å². The second-order valence-electron chi connectivity index (χ2n) is 6.15. The van der Waals surface area contributed by atoms with Crippen LogP contribution in [0.15, 0.2) is 21.5 Å². The van der Waals surface area contributed by atoms with Crippen LogP contribution >= 0.6 is 15.9 Å². The maximum Gasteiger partial charge on any atom is 0.266 e. The van der Waals surface area contributed by atoms with E-state index in [0.29, 0.717) is 16.1 Å².